The van der Waals surface area contributed by atoms with E-state index in [-0.39, 0.29) is 0 Å². The second-order valence-electron chi connectivity index (χ2n) is 3.28. The van der Waals surface area contributed by atoms with Gasteiger partial charge in [-0.25, -0.2) is 4.79 Å². The summed E-state index contributed by atoms with van der Waals surface area (Å²) in [4.78, 5) is 10.9. The molecule has 1 rings (SSSR count). The van der Waals surface area contributed by atoms with Crippen molar-refractivity contribution in [2.45, 2.75) is 19.8 Å². The van der Waals surface area contributed by atoms with Gasteiger partial charge in [0.2, 0.25) is 0 Å². The van der Waals surface area contributed by atoms with Gasteiger partial charge >= 0.3 is 5.97 Å². The van der Waals surface area contributed by atoms with Gasteiger partial charge in [0.05, 0.1) is 0 Å². The molecule has 0 amide bonds. The molecule has 1 N–H and O–H groups in total. The second kappa shape index (κ2) is 5.56. The molecule has 0 heterocycles. The molecule has 0 spiro atoms. The number of hydrogen-bond donors (Lipinski definition) is 1. The van der Waals surface area contributed by atoms with Crippen molar-refractivity contribution in [2.24, 2.45) is 0 Å². The molecule has 0 unspecified atom stereocenters. The molecule has 0 saturated carbocycles. The number of carboxylic acids is 1. The van der Waals surface area contributed by atoms with Crippen molar-refractivity contribution in [1.29, 1.82) is 0 Å². The fourth-order valence-corrected chi connectivity index (χ4v) is 1.40. The molecule has 0 fully saturated rings. The summed E-state index contributed by atoms with van der Waals surface area (Å²) in [6.07, 6.45) is 3.09. The van der Waals surface area contributed by atoms with Gasteiger partial charge in [-0.15, -0.1) is 0 Å². The van der Waals surface area contributed by atoms with Gasteiger partial charge in [-0.2, -0.15) is 0 Å². The van der Waals surface area contributed by atoms with Gasteiger partial charge in [0.15, 0.2) is 0 Å². The van der Waals surface area contributed by atoms with Crippen LogP contribution in [-0.4, -0.2) is 11.1 Å². The van der Waals surface area contributed by atoms with Crippen LogP contribution in [0.4, 0.5) is 0 Å². The minimum Gasteiger partial charge on any atom is -0.478 e. The molecule has 0 atom stereocenters. The van der Waals surface area contributed by atoms with Crippen LogP contribution in [0.2, 0.25) is 5.02 Å². The lowest BCUT2D eigenvalue weighted by molar-refractivity contribution is -0.132. The van der Waals surface area contributed by atoms with Crippen LogP contribution in [-0.2, 0) is 4.79 Å². The lowest BCUT2D eigenvalue weighted by atomic mass is 10.1. The lowest BCUT2D eigenvalue weighted by Gasteiger charge is -2.00. The SMILES string of the molecule is CCCC(=Cc1ccc(Cl)cc1)C(=O)O. The zero-order valence-corrected chi connectivity index (χ0v) is 9.29. The molecule has 0 aliphatic rings. The van der Waals surface area contributed by atoms with Crippen molar-refractivity contribution in [3.8, 4) is 0 Å². The quantitative estimate of drug-likeness (QED) is 0.794. The molecule has 15 heavy (non-hydrogen) atoms. The molecule has 0 aliphatic carbocycles. The van der Waals surface area contributed by atoms with E-state index in [0.717, 1.165) is 12.0 Å². The lowest BCUT2D eigenvalue weighted by Crippen LogP contribution is -1.99. The monoisotopic (exact) mass is 224 g/mol. The Morgan fingerprint density at radius 2 is 2.00 bits per heavy atom. The van der Waals surface area contributed by atoms with Crippen LogP contribution < -0.4 is 0 Å². The minimum absolute atomic E-state index is 0.430. The number of carbonyl (C=O) groups is 1. The molecular weight excluding hydrogens is 212 g/mol. The molecule has 0 radical (unpaired) electrons. The van der Waals surface area contributed by atoms with Crippen molar-refractivity contribution in [3.05, 3.63) is 40.4 Å². The van der Waals surface area contributed by atoms with E-state index >= 15 is 0 Å². The fourth-order valence-electron chi connectivity index (χ4n) is 1.27. The molecule has 3 heteroatoms. The topological polar surface area (TPSA) is 37.3 Å². The highest BCUT2D eigenvalue weighted by atomic mass is 35.5. The maximum Gasteiger partial charge on any atom is 0.331 e. The van der Waals surface area contributed by atoms with Gasteiger partial charge in [0, 0.05) is 10.6 Å². The van der Waals surface area contributed by atoms with Crippen LogP contribution in [0.15, 0.2) is 29.8 Å². The van der Waals surface area contributed by atoms with Crippen LogP contribution >= 0.6 is 11.6 Å². The summed E-state index contributed by atoms with van der Waals surface area (Å²) >= 11 is 5.73. The standard InChI is InChI=1S/C12H13ClO2/c1-2-3-10(12(14)15)8-9-4-6-11(13)7-5-9/h4-8H,2-3H2,1H3,(H,14,15). The van der Waals surface area contributed by atoms with E-state index in [9.17, 15) is 4.79 Å². The third-order valence-electron chi connectivity index (χ3n) is 2.00. The average molecular weight is 225 g/mol. The number of hydrogen-bond acceptors (Lipinski definition) is 1. The maximum atomic E-state index is 10.9. The summed E-state index contributed by atoms with van der Waals surface area (Å²) in [5.41, 5.74) is 1.30. The Labute approximate surface area is 94.2 Å². The summed E-state index contributed by atoms with van der Waals surface area (Å²) in [6, 6.07) is 7.11. The summed E-state index contributed by atoms with van der Waals surface area (Å²) in [6.45, 7) is 1.96. The van der Waals surface area contributed by atoms with Crippen molar-refractivity contribution in [1.82, 2.24) is 0 Å². The largest absolute Gasteiger partial charge is 0.478 e. The normalized spacial score (nSPS) is 11.5. The van der Waals surface area contributed by atoms with Gasteiger partial charge in [0.25, 0.3) is 0 Å². The first kappa shape index (κ1) is 11.8. The van der Waals surface area contributed by atoms with E-state index < -0.39 is 5.97 Å². The highest BCUT2D eigenvalue weighted by molar-refractivity contribution is 6.30. The molecule has 0 bridgehead atoms. The Bertz CT molecular complexity index is 366. The highest BCUT2D eigenvalue weighted by Gasteiger charge is 2.05. The Kier molecular flexibility index (Phi) is 4.37. The Morgan fingerprint density at radius 3 is 2.47 bits per heavy atom. The highest BCUT2D eigenvalue weighted by Crippen LogP contribution is 2.15. The molecule has 1 aromatic carbocycles. The Hall–Kier alpha value is -1.28. The van der Waals surface area contributed by atoms with Crippen molar-refractivity contribution < 1.29 is 9.90 Å². The smallest absolute Gasteiger partial charge is 0.331 e. The van der Waals surface area contributed by atoms with Gasteiger partial charge in [0.1, 0.15) is 0 Å². The van der Waals surface area contributed by atoms with Crippen LogP contribution in [0.5, 0.6) is 0 Å². The summed E-state index contributed by atoms with van der Waals surface area (Å²) in [5.74, 6) is -0.855. The van der Waals surface area contributed by atoms with Crippen LogP contribution in [0.1, 0.15) is 25.3 Å². The summed E-state index contributed by atoms with van der Waals surface area (Å²) in [7, 11) is 0. The molecule has 0 saturated heterocycles. The van der Waals surface area contributed by atoms with Crippen LogP contribution in [0.3, 0.4) is 0 Å². The molecule has 2 nitrogen and oxygen atoms in total. The maximum absolute atomic E-state index is 10.9. The van der Waals surface area contributed by atoms with Crippen molar-refractivity contribution in [3.63, 3.8) is 0 Å². The zero-order chi connectivity index (χ0) is 11.3. The Morgan fingerprint density at radius 1 is 1.40 bits per heavy atom. The van der Waals surface area contributed by atoms with E-state index in [2.05, 4.69) is 0 Å². The first-order valence-electron chi connectivity index (χ1n) is 4.83. The number of rotatable bonds is 4. The minimum atomic E-state index is -0.855. The van der Waals surface area contributed by atoms with Crippen molar-refractivity contribution >= 4 is 23.6 Å². The number of benzene rings is 1. The second-order valence-corrected chi connectivity index (χ2v) is 3.71. The van der Waals surface area contributed by atoms with Gasteiger partial charge in [-0.05, 0) is 30.2 Å². The van der Waals surface area contributed by atoms with Crippen molar-refractivity contribution in [2.75, 3.05) is 0 Å². The summed E-state index contributed by atoms with van der Waals surface area (Å²) in [5, 5.41) is 9.58. The van der Waals surface area contributed by atoms with E-state index in [1.54, 1.807) is 30.3 Å². The fraction of sp³-hybridized carbons (Fsp3) is 0.250. The number of aliphatic carboxylic acids is 1. The van der Waals surface area contributed by atoms with Crippen LogP contribution in [0.25, 0.3) is 6.08 Å². The predicted octanol–water partition coefficient (Wildman–Crippen LogP) is 3.61. The third kappa shape index (κ3) is 3.76. The van der Waals surface area contributed by atoms with Crippen LogP contribution in [0, 0.1) is 0 Å². The Balaban J connectivity index is 2.91. The van der Waals surface area contributed by atoms with E-state index in [1.165, 1.54) is 0 Å². The van der Waals surface area contributed by atoms with E-state index in [1.807, 2.05) is 6.92 Å². The average Bonchev–Trinajstić information content (AvgIpc) is 2.20. The molecule has 1 aromatic rings. The van der Waals surface area contributed by atoms with Gasteiger partial charge < -0.3 is 5.11 Å². The summed E-state index contributed by atoms with van der Waals surface area (Å²) < 4.78 is 0. The molecular formula is C12H13ClO2. The predicted molar refractivity (Wildman–Crippen MR) is 62.0 cm³/mol. The molecule has 0 aliphatic heterocycles. The molecule has 0 aromatic heterocycles. The van der Waals surface area contributed by atoms with Gasteiger partial charge in [-0.3, -0.25) is 0 Å². The van der Waals surface area contributed by atoms with E-state index in [0.29, 0.717) is 17.0 Å². The zero-order valence-electron chi connectivity index (χ0n) is 8.53. The van der Waals surface area contributed by atoms with E-state index in [4.69, 9.17) is 16.7 Å². The number of halogens is 1. The molecule has 80 valence electrons. The number of carboxylic acid groups (broad SMARTS) is 1. The first-order valence-corrected chi connectivity index (χ1v) is 5.20. The third-order valence-corrected chi connectivity index (χ3v) is 2.26. The van der Waals surface area contributed by atoms with Gasteiger partial charge in [-0.1, -0.05) is 37.1 Å². The first-order chi connectivity index (χ1) is 7.13.